The number of ether oxygens (including phenoxy) is 2. The fraction of sp³-hybridized carbons (Fsp3) is 0.684. The molecule has 1 unspecified atom stereocenters. The van der Waals surface area contributed by atoms with Crippen LogP contribution in [0.3, 0.4) is 0 Å². The molecule has 0 saturated carbocycles. The zero-order valence-corrected chi connectivity index (χ0v) is 16.6. The maximum atomic E-state index is 12.3. The summed E-state index contributed by atoms with van der Waals surface area (Å²) >= 11 is 0. The van der Waals surface area contributed by atoms with Gasteiger partial charge in [0, 0.05) is 42.8 Å². The van der Waals surface area contributed by atoms with E-state index in [-0.39, 0.29) is 12.1 Å². The molecule has 4 rings (SSSR count). The number of methoxy groups -OCH3 is 2. The summed E-state index contributed by atoms with van der Waals surface area (Å²) in [7, 11) is 0.230. The van der Waals surface area contributed by atoms with Crippen molar-refractivity contribution in [2.75, 3.05) is 40.1 Å². The van der Waals surface area contributed by atoms with Crippen LogP contribution in [0.2, 0.25) is 0 Å². The van der Waals surface area contributed by atoms with E-state index < -0.39 is 10.0 Å². The van der Waals surface area contributed by atoms with Gasteiger partial charge in [-0.1, -0.05) is 0 Å². The van der Waals surface area contributed by atoms with Gasteiger partial charge < -0.3 is 9.47 Å². The van der Waals surface area contributed by atoms with E-state index in [0.29, 0.717) is 12.5 Å². The summed E-state index contributed by atoms with van der Waals surface area (Å²) in [6, 6.07) is 4.22. The Kier molecular flexibility index (Phi) is 4.65. The lowest BCUT2D eigenvalue weighted by atomic mass is 9.77. The predicted octanol–water partition coefficient (Wildman–Crippen LogP) is 2.05. The van der Waals surface area contributed by atoms with Gasteiger partial charge in [-0.25, -0.2) is 8.42 Å². The quantitative estimate of drug-likeness (QED) is 0.803. The zero-order valence-electron chi connectivity index (χ0n) is 15.8. The summed E-state index contributed by atoms with van der Waals surface area (Å²) in [6.45, 7) is 2.60. The Balaban J connectivity index is 1.75. The van der Waals surface area contributed by atoms with Crippen LogP contribution in [0.15, 0.2) is 12.1 Å². The minimum Gasteiger partial charge on any atom is -0.496 e. The summed E-state index contributed by atoms with van der Waals surface area (Å²) < 4.78 is 37.7. The van der Waals surface area contributed by atoms with Crippen molar-refractivity contribution in [3.05, 3.63) is 23.3 Å². The van der Waals surface area contributed by atoms with Gasteiger partial charge >= 0.3 is 0 Å². The second-order valence-electron chi connectivity index (χ2n) is 7.70. The predicted molar refractivity (Wildman–Crippen MR) is 100 cm³/mol. The maximum Gasteiger partial charge on any atom is 0.211 e. The molecule has 3 aliphatic heterocycles. The molecule has 144 valence electrons. The highest BCUT2D eigenvalue weighted by Gasteiger charge is 2.46. The molecule has 7 heteroatoms. The van der Waals surface area contributed by atoms with E-state index in [2.05, 4.69) is 4.90 Å². The SMILES string of the molecule is COc1ccc(OC)c2c1CCN1C[C@H]3CCCN(S(C)(=O)=O)[C@H]3CC21. The smallest absolute Gasteiger partial charge is 0.211 e. The Hall–Kier alpha value is -1.31. The first kappa shape index (κ1) is 18.1. The van der Waals surface area contributed by atoms with Crippen LogP contribution in [0.5, 0.6) is 11.5 Å². The number of nitrogens with zero attached hydrogens (tertiary/aromatic N) is 2. The summed E-state index contributed by atoms with van der Waals surface area (Å²) in [5, 5.41) is 0. The molecule has 6 nitrogen and oxygen atoms in total. The molecule has 0 radical (unpaired) electrons. The average molecular weight is 381 g/mol. The third-order valence-corrected chi connectivity index (χ3v) is 7.67. The van der Waals surface area contributed by atoms with E-state index in [4.69, 9.17) is 9.47 Å². The van der Waals surface area contributed by atoms with E-state index >= 15 is 0 Å². The topological polar surface area (TPSA) is 59.1 Å². The summed E-state index contributed by atoms with van der Waals surface area (Å²) in [4.78, 5) is 2.53. The lowest BCUT2D eigenvalue weighted by molar-refractivity contribution is 0.0210. The standard InChI is InChI=1S/C19H28N2O4S/c1-24-17-6-7-18(25-2)19-14(17)8-10-20-12-13-5-4-9-21(26(3,22)23)15(13)11-16(19)20/h6-7,13,15-16H,4-5,8-12H2,1-3H3/t13-,15+,16?/m1/s1. The van der Waals surface area contributed by atoms with Gasteiger partial charge in [0.05, 0.1) is 20.5 Å². The van der Waals surface area contributed by atoms with Crippen LogP contribution in [-0.4, -0.2) is 63.8 Å². The molecule has 0 N–H and O–H groups in total. The number of fused-ring (bicyclic) bond motifs is 4. The van der Waals surface area contributed by atoms with Gasteiger partial charge in [0.15, 0.2) is 0 Å². The van der Waals surface area contributed by atoms with Gasteiger partial charge in [-0.2, -0.15) is 4.31 Å². The Morgan fingerprint density at radius 2 is 1.85 bits per heavy atom. The van der Waals surface area contributed by atoms with Crippen LogP contribution in [0, 0.1) is 5.92 Å². The maximum absolute atomic E-state index is 12.3. The third kappa shape index (κ3) is 2.90. The van der Waals surface area contributed by atoms with Crippen molar-refractivity contribution in [1.82, 2.24) is 9.21 Å². The normalized spacial score (nSPS) is 29.4. The van der Waals surface area contributed by atoms with Crippen molar-refractivity contribution in [2.45, 2.75) is 37.8 Å². The fourth-order valence-electron chi connectivity index (χ4n) is 5.26. The summed E-state index contributed by atoms with van der Waals surface area (Å²) in [6.07, 6.45) is 5.19. The highest BCUT2D eigenvalue weighted by molar-refractivity contribution is 7.88. The van der Waals surface area contributed by atoms with Gasteiger partial charge in [-0.15, -0.1) is 0 Å². The van der Waals surface area contributed by atoms with Gasteiger partial charge in [-0.3, -0.25) is 4.90 Å². The molecular formula is C19H28N2O4S. The Labute approximate surface area is 156 Å². The van der Waals surface area contributed by atoms with E-state index in [9.17, 15) is 8.42 Å². The molecule has 26 heavy (non-hydrogen) atoms. The van der Waals surface area contributed by atoms with Crippen molar-refractivity contribution >= 4 is 10.0 Å². The lowest BCUT2D eigenvalue weighted by Gasteiger charge is -2.51. The van der Waals surface area contributed by atoms with Crippen molar-refractivity contribution in [2.24, 2.45) is 5.92 Å². The Morgan fingerprint density at radius 1 is 1.12 bits per heavy atom. The second-order valence-corrected chi connectivity index (χ2v) is 9.64. The van der Waals surface area contributed by atoms with E-state index in [1.807, 2.05) is 12.1 Å². The number of piperidine rings is 2. The number of hydrogen-bond donors (Lipinski definition) is 0. The van der Waals surface area contributed by atoms with Crippen molar-refractivity contribution in [1.29, 1.82) is 0 Å². The largest absolute Gasteiger partial charge is 0.496 e. The van der Waals surface area contributed by atoms with E-state index in [1.54, 1.807) is 18.5 Å². The molecule has 2 fully saturated rings. The number of benzene rings is 1. The second kappa shape index (κ2) is 6.69. The molecule has 1 aromatic rings. The van der Waals surface area contributed by atoms with Crippen LogP contribution in [0.25, 0.3) is 0 Å². The van der Waals surface area contributed by atoms with Crippen molar-refractivity contribution < 1.29 is 17.9 Å². The summed E-state index contributed by atoms with van der Waals surface area (Å²) in [5.41, 5.74) is 2.41. The molecule has 1 aromatic carbocycles. The summed E-state index contributed by atoms with van der Waals surface area (Å²) in [5.74, 6) is 2.22. The molecule has 0 spiro atoms. The molecule has 3 heterocycles. The third-order valence-electron chi connectivity index (χ3n) is 6.36. The molecule has 0 aromatic heterocycles. The van der Waals surface area contributed by atoms with Crippen LogP contribution < -0.4 is 9.47 Å². The lowest BCUT2D eigenvalue weighted by Crippen LogP contribution is -2.57. The van der Waals surface area contributed by atoms with Crippen LogP contribution in [-0.2, 0) is 16.4 Å². The van der Waals surface area contributed by atoms with Crippen molar-refractivity contribution in [3.63, 3.8) is 0 Å². The van der Waals surface area contributed by atoms with Crippen molar-refractivity contribution in [3.8, 4) is 11.5 Å². The molecule has 0 aliphatic carbocycles. The Morgan fingerprint density at radius 3 is 2.54 bits per heavy atom. The minimum absolute atomic E-state index is 0.0851. The molecule has 3 atom stereocenters. The van der Waals surface area contributed by atoms with Gasteiger partial charge in [0.25, 0.3) is 0 Å². The van der Waals surface area contributed by atoms with E-state index in [0.717, 1.165) is 50.3 Å². The Bertz CT molecular complexity index is 795. The average Bonchev–Trinajstić information content (AvgIpc) is 2.63. The molecule has 0 bridgehead atoms. The zero-order chi connectivity index (χ0) is 18.5. The number of rotatable bonds is 3. The van der Waals surface area contributed by atoms with Crippen LogP contribution >= 0.6 is 0 Å². The first-order valence-electron chi connectivity index (χ1n) is 9.38. The number of hydrogen-bond acceptors (Lipinski definition) is 5. The first-order chi connectivity index (χ1) is 12.4. The van der Waals surface area contributed by atoms with Crippen LogP contribution in [0.4, 0.5) is 0 Å². The monoisotopic (exact) mass is 380 g/mol. The van der Waals surface area contributed by atoms with Crippen LogP contribution in [0.1, 0.15) is 36.4 Å². The molecule has 2 saturated heterocycles. The highest BCUT2D eigenvalue weighted by Crippen LogP contribution is 2.48. The minimum atomic E-state index is -3.18. The fourth-order valence-corrected chi connectivity index (χ4v) is 6.47. The molecular weight excluding hydrogens is 352 g/mol. The van der Waals surface area contributed by atoms with Gasteiger partial charge in [-0.05, 0) is 43.7 Å². The first-order valence-corrected chi connectivity index (χ1v) is 11.2. The number of sulfonamides is 1. The molecule has 0 amide bonds. The van der Waals surface area contributed by atoms with Gasteiger partial charge in [0.1, 0.15) is 11.5 Å². The highest BCUT2D eigenvalue weighted by atomic mass is 32.2. The van der Waals surface area contributed by atoms with E-state index in [1.165, 1.54) is 17.4 Å². The molecule has 3 aliphatic rings. The van der Waals surface area contributed by atoms with Gasteiger partial charge in [0.2, 0.25) is 10.0 Å².